The van der Waals surface area contributed by atoms with Crippen LogP contribution in [0.2, 0.25) is 0 Å². The molecule has 5 nitrogen and oxygen atoms in total. The Kier molecular flexibility index (Phi) is 6.00. The zero-order valence-corrected chi connectivity index (χ0v) is 6.94. The van der Waals surface area contributed by atoms with Gasteiger partial charge in [0.05, 0.1) is 0 Å². The summed E-state index contributed by atoms with van der Waals surface area (Å²) in [5, 5.41) is 0. The summed E-state index contributed by atoms with van der Waals surface area (Å²) in [7, 11) is -4.54. The molecule has 8 heavy (non-hydrogen) atoms. The number of hydrogen-bond donors (Lipinski definition) is 1. The third-order valence-corrected chi connectivity index (χ3v) is 0.577. The van der Waals surface area contributed by atoms with Crippen molar-refractivity contribution >= 4 is 16.7 Å². The van der Waals surface area contributed by atoms with Crippen molar-refractivity contribution in [3.8, 4) is 0 Å². The second kappa shape index (κ2) is 4.28. The smallest absolute Gasteiger partial charge is 0.731 e. The van der Waals surface area contributed by atoms with Crippen LogP contribution in [0.1, 0.15) is 0 Å². The summed E-state index contributed by atoms with van der Waals surface area (Å²) < 4.78 is 29.0. The van der Waals surface area contributed by atoms with Crippen LogP contribution >= 0.6 is 0 Å². The van der Waals surface area contributed by atoms with Gasteiger partial charge in [0.2, 0.25) is 6.41 Å². The maximum Gasteiger partial charge on any atom is 1.00 e. The first kappa shape index (κ1) is 11.2. The van der Waals surface area contributed by atoms with Crippen LogP contribution in [-0.2, 0) is 15.1 Å². The van der Waals surface area contributed by atoms with Crippen LogP contribution < -0.4 is 34.3 Å². The molecule has 0 heterocycles. The molecule has 0 spiro atoms. The van der Waals surface area contributed by atoms with Crippen molar-refractivity contribution < 1.29 is 47.3 Å². The average Bonchev–Trinajstić information content (AvgIpc) is 1.30. The minimum Gasteiger partial charge on any atom is -0.731 e. The van der Waals surface area contributed by atoms with Gasteiger partial charge in [0, 0.05) is 0 Å². The molecule has 0 aliphatic heterocycles. The second-order valence-corrected chi connectivity index (χ2v) is 1.83. The van der Waals surface area contributed by atoms with Crippen LogP contribution in [-0.4, -0.2) is 19.4 Å². The Labute approximate surface area is 68.6 Å². The maximum absolute atomic E-state index is 9.33. The van der Waals surface area contributed by atoms with Gasteiger partial charge in [-0.3, -0.25) is 9.52 Å². The topological polar surface area (TPSA) is 86.3 Å². The fourth-order valence-electron chi connectivity index (χ4n) is 0.0589. The van der Waals surface area contributed by atoms with Gasteiger partial charge in [0.1, 0.15) is 0 Å². The zero-order valence-electron chi connectivity index (χ0n) is 4.12. The molecular formula is CH2NNaO4S. The van der Waals surface area contributed by atoms with Gasteiger partial charge in [-0.25, -0.2) is 8.42 Å². The monoisotopic (exact) mass is 147 g/mol. The number of carbonyl (C=O) groups is 1. The van der Waals surface area contributed by atoms with E-state index in [0.717, 1.165) is 4.72 Å². The maximum atomic E-state index is 9.33. The van der Waals surface area contributed by atoms with Crippen LogP contribution in [0.15, 0.2) is 0 Å². The number of amides is 1. The Balaban J connectivity index is 0. The third kappa shape index (κ3) is 9.63. The van der Waals surface area contributed by atoms with E-state index in [4.69, 9.17) is 4.79 Å². The Morgan fingerprint density at radius 3 is 1.88 bits per heavy atom. The first-order valence-corrected chi connectivity index (χ1v) is 2.64. The van der Waals surface area contributed by atoms with E-state index < -0.39 is 10.3 Å². The molecule has 7 heteroatoms. The quantitative estimate of drug-likeness (QED) is 0.241. The zero-order chi connectivity index (χ0) is 5.91. The first-order valence-electron chi connectivity index (χ1n) is 1.23. The average molecular weight is 147 g/mol. The molecule has 0 aromatic heterocycles. The standard InChI is InChI=1S/CH3NO4S.Na/c3-1-2-7(4,5)6;/h1H,(H,2,3)(H,4,5,6);/q;+1/p-1. The fraction of sp³-hybridized carbons (Fsp3) is 0. The molecule has 0 aliphatic rings. The molecule has 1 amide bonds. The summed E-state index contributed by atoms with van der Waals surface area (Å²) >= 11 is 0. The Hall–Kier alpha value is 0.380. The van der Waals surface area contributed by atoms with E-state index in [9.17, 15) is 13.0 Å². The van der Waals surface area contributed by atoms with E-state index in [-0.39, 0.29) is 36.0 Å². The van der Waals surface area contributed by atoms with Crippen molar-refractivity contribution in [2.45, 2.75) is 0 Å². The molecule has 0 atom stereocenters. The van der Waals surface area contributed by atoms with Crippen LogP contribution in [0.3, 0.4) is 0 Å². The number of hydrogen-bond acceptors (Lipinski definition) is 4. The van der Waals surface area contributed by atoms with Crippen molar-refractivity contribution in [1.82, 2.24) is 4.72 Å². The summed E-state index contributed by atoms with van der Waals surface area (Å²) in [4.78, 5) is 9.13. The van der Waals surface area contributed by atoms with E-state index >= 15 is 0 Å². The summed E-state index contributed by atoms with van der Waals surface area (Å²) in [5.74, 6) is 0. The summed E-state index contributed by atoms with van der Waals surface area (Å²) in [6, 6.07) is 0. The fourth-order valence-corrected chi connectivity index (χ4v) is 0.177. The van der Waals surface area contributed by atoms with Gasteiger partial charge < -0.3 is 4.55 Å². The molecular weight excluding hydrogens is 145 g/mol. The van der Waals surface area contributed by atoms with Crippen LogP contribution in [0, 0.1) is 0 Å². The molecule has 0 aromatic carbocycles. The predicted octanol–water partition coefficient (Wildman–Crippen LogP) is -4.80. The van der Waals surface area contributed by atoms with E-state index in [2.05, 4.69) is 0 Å². The second-order valence-electron chi connectivity index (χ2n) is 0.690. The van der Waals surface area contributed by atoms with E-state index in [1.54, 1.807) is 0 Å². The predicted molar refractivity (Wildman–Crippen MR) is 18.9 cm³/mol. The van der Waals surface area contributed by atoms with Gasteiger partial charge in [-0.2, -0.15) is 0 Å². The van der Waals surface area contributed by atoms with Gasteiger partial charge in [-0.15, -0.1) is 0 Å². The summed E-state index contributed by atoms with van der Waals surface area (Å²) in [6.45, 7) is 0. The molecule has 0 aromatic rings. The van der Waals surface area contributed by atoms with Crippen molar-refractivity contribution in [2.75, 3.05) is 0 Å². The third-order valence-electron chi connectivity index (χ3n) is 0.192. The van der Waals surface area contributed by atoms with Crippen molar-refractivity contribution in [1.29, 1.82) is 0 Å². The molecule has 0 rings (SSSR count). The van der Waals surface area contributed by atoms with Crippen molar-refractivity contribution in [3.63, 3.8) is 0 Å². The van der Waals surface area contributed by atoms with Crippen LogP contribution in [0.5, 0.6) is 0 Å². The summed E-state index contributed by atoms with van der Waals surface area (Å²) in [5.41, 5.74) is 0. The Morgan fingerprint density at radius 2 is 1.88 bits per heavy atom. The number of rotatable bonds is 2. The molecule has 0 unspecified atom stereocenters. The van der Waals surface area contributed by atoms with E-state index in [0.29, 0.717) is 0 Å². The molecule has 0 radical (unpaired) electrons. The number of carbonyl (C=O) groups excluding carboxylic acids is 1. The van der Waals surface area contributed by atoms with Gasteiger partial charge in [-0.05, 0) is 0 Å². The van der Waals surface area contributed by atoms with Gasteiger partial charge in [-0.1, -0.05) is 0 Å². The number of nitrogens with one attached hydrogen (secondary N) is 1. The van der Waals surface area contributed by atoms with Gasteiger partial charge in [0.25, 0.3) is 0 Å². The summed E-state index contributed by atoms with van der Waals surface area (Å²) in [6.07, 6.45) is -0.192. The molecule has 0 bridgehead atoms. The minimum atomic E-state index is -4.54. The van der Waals surface area contributed by atoms with Crippen LogP contribution in [0.4, 0.5) is 0 Å². The van der Waals surface area contributed by atoms with E-state index in [1.165, 1.54) is 0 Å². The van der Waals surface area contributed by atoms with Crippen molar-refractivity contribution in [2.24, 2.45) is 0 Å². The molecule has 0 saturated carbocycles. The first-order chi connectivity index (χ1) is 3.06. The van der Waals surface area contributed by atoms with E-state index in [1.807, 2.05) is 0 Å². The largest absolute Gasteiger partial charge is 1.00 e. The molecule has 0 fully saturated rings. The minimum absolute atomic E-state index is 0. The van der Waals surface area contributed by atoms with Gasteiger partial charge >= 0.3 is 29.6 Å². The van der Waals surface area contributed by atoms with Gasteiger partial charge in [0.15, 0.2) is 10.3 Å². The SMILES string of the molecule is O=CNS(=O)(=O)[O-].[Na+]. The Bertz CT molecular complexity index is 149. The van der Waals surface area contributed by atoms with Crippen LogP contribution in [0.25, 0.3) is 0 Å². The molecule has 42 valence electrons. The normalized spacial score (nSPS) is 9.12. The Morgan fingerprint density at radius 1 is 1.50 bits per heavy atom. The molecule has 1 N–H and O–H groups in total. The van der Waals surface area contributed by atoms with Crippen molar-refractivity contribution in [3.05, 3.63) is 0 Å². The molecule has 0 saturated heterocycles. The molecule has 0 aliphatic carbocycles.